The van der Waals surface area contributed by atoms with Gasteiger partial charge in [-0.25, -0.2) is 0 Å². The fourth-order valence-corrected chi connectivity index (χ4v) is 6.56. The molecule has 0 radical (unpaired) electrons. The topological polar surface area (TPSA) is 95.9 Å². The van der Waals surface area contributed by atoms with Gasteiger partial charge in [0.15, 0.2) is 0 Å². The summed E-state index contributed by atoms with van der Waals surface area (Å²) >= 11 is 0. The first-order valence-corrected chi connectivity index (χ1v) is 24.2. The largest absolute Gasteiger partial charge is 0.462 e. The summed E-state index contributed by atoms with van der Waals surface area (Å²) in [5.74, 6) is -0.597. The first kappa shape index (κ1) is 56.5. The lowest BCUT2D eigenvalue weighted by molar-refractivity contribution is -0.151. The average Bonchev–Trinajstić information content (AvgIpc) is 3.24. The van der Waals surface area contributed by atoms with Crippen LogP contribution in [0.15, 0.2) is 109 Å². The number of aliphatic hydroxyl groups is 2. The zero-order valence-electron chi connectivity index (χ0n) is 38.5. The normalized spacial score (nSPS) is 14.3. The third-order valence-electron chi connectivity index (χ3n) is 10.2. The molecule has 0 aliphatic heterocycles. The van der Waals surface area contributed by atoms with Gasteiger partial charge in [0.25, 0.3) is 0 Å². The van der Waals surface area contributed by atoms with E-state index in [0.29, 0.717) is 19.3 Å². The van der Waals surface area contributed by atoms with Crippen molar-refractivity contribution in [3.8, 4) is 0 Å². The molecule has 0 bridgehead atoms. The van der Waals surface area contributed by atoms with Gasteiger partial charge in [0.05, 0.1) is 25.2 Å². The summed E-state index contributed by atoms with van der Waals surface area (Å²) in [6, 6.07) is -0.736. The van der Waals surface area contributed by atoms with Crippen molar-refractivity contribution >= 4 is 11.9 Å². The van der Waals surface area contributed by atoms with Crippen molar-refractivity contribution in [3.63, 3.8) is 0 Å². The molecule has 340 valence electrons. The molecule has 0 fully saturated rings. The van der Waals surface area contributed by atoms with Crippen LogP contribution in [0.5, 0.6) is 0 Å². The SMILES string of the molecule is CC/C=C/C=C/C=C\C=C/C=C/CCCC(CC(=O)NC(CO)C(O)CCCCCCCCCCC)OC(=O)CCCCC/C=C\C/C=C\C/C=C\C/C=C\CCCCC. The highest BCUT2D eigenvalue weighted by Crippen LogP contribution is 2.16. The quantitative estimate of drug-likeness (QED) is 0.0247. The number of amides is 1. The second-order valence-electron chi connectivity index (χ2n) is 15.9. The van der Waals surface area contributed by atoms with E-state index in [1.807, 2.05) is 48.6 Å². The highest BCUT2D eigenvalue weighted by molar-refractivity contribution is 5.77. The molecule has 0 aromatic rings. The van der Waals surface area contributed by atoms with E-state index in [-0.39, 0.29) is 24.9 Å². The first-order valence-electron chi connectivity index (χ1n) is 24.2. The lowest BCUT2D eigenvalue weighted by Gasteiger charge is -2.24. The van der Waals surface area contributed by atoms with Crippen molar-refractivity contribution in [2.75, 3.05) is 6.61 Å². The molecule has 0 aliphatic carbocycles. The summed E-state index contributed by atoms with van der Waals surface area (Å²) in [6.07, 6.45) is 63.0. The number of aliphatic hydroxyl groups excluding tert-OH is 2. The van der Waals surface area contributed by atoms with Crippen LogP contribution in [0.1, 0.15) is 194 Å². The lowest BCUT2D eigenvalue weighted by Crippen LogP contribution is -2.46. The average molecular weight is 832 g/mol. The molecule has 1 amide bonds. The fraction of sp³-hybridized carbons (Fsp3) is 0.630. The molecule has 0 aromatic carbocycles. The highest BCUT2D eigenvalue weighted by atomic mass is 16.5. The van der Waals surface area contributed by atoms with E-state index in [4.69, 9.17) is 4.74 Å². The Labute approximate surface area is 368 Å². The minimum absolute atomic E-state index is 0.00836. The maximum atomic E-state index is 13.1. The van der Waals surface area contributed by atoms with Crippen LogP contribution in [0.2, 0.25) is 0 Å². The summed E-state index contributed by atoms with van der Waals surface area (Å²) in [4.78, 5) is 26.0. The van der Waals surface area contributed by atoms with Crippen LogP contribution < -0.4 is 5.32 Å². The monoisotopic (exact) mass is 832 g/mol. The van der Waals surface area contributed by atoms with E-state index in [1.165, 1.54) is 64.2 Å². The van der Waals surface area contributed by atoms with Crippen LogP contribution in [0.25, 0.3) is 0 Å². The maximum absolute atomic E-state index is 13.1. The Morgan fingerprint density at radius 1 is 0.517 bits per heavy atom. The van der Waals surface area contributed by atoms with Gasteiger partial charge in [-0.2, -0.15) is 0 Å². The van der Waals surface area contributed by atoms with Crippen LogP contribution in [0, 0.1) is 0 Å². The first-order chi connectivity index (χ1) is 29.5. The third-order valence-corrected chi connectivity index (χ3v) is 10.2. The molecule has 0 aliphatic rings. The van der Waals surface area contributed by atoms with Crippen molar-refractivity contribution in [2.45, 2.75) is 212 Å². The summed E-state index contributed by atoms with van der Waals surface area (Å²) in [7, 11) is 0. The minimum Gasteiger partial charge on any atom is -0.462 e. The van der Waals surface area contributed by atoms with Gasteiger partial charge in [0.1, 0.15) is 6.10 Å². The van der Waals surface area contributed by atoms with Gasteiger partial charge in [0, 0.05) is 6.42 Å². The number of allylic oxidation sites excluding steroid dienone is 18. The molecular formula is C54H89NO5. The molecule has 6 nitrogen and oxygen atoms in total. The number of nitrogens with one attached hydrogen (secondary N) is 1. The third kappa shape index (κ3) is 41.3. The summed E-state index contributed by atoms with van der Waals surface area (Å²) in [6.45, 7) is 6.24. The lowest BCUT2D eigenvalue weighted by atomic mass is 10.0. The van der Waals surface area contributed by atoms with E-state index < -0.39 is 18.2 Å². The highest BCUT2D eigenvalue weighted by Gasteiger charge is 2.24. The molecule has 0 spiro atoms. The summed E-state index contributed by atoms with van der Waals surface area (Å²) in [5.41, 5.74) is 0. The Morgan fingerprint density at radius 2 is 0.983 bits per heavy atom. The second kappa shape index (κ2) is 46.6. The van der Waals surface area contributed by atoms with Crippen LogP contribution in [0.3, 0.4) is 0 Å². The molecule has 3 unspecified atom stereocenters. The van der Waals surface area contributed by atoms with Gasteiger partial charge < -0.3 is 20.3 Å². The Kier molecular flexibility index (Phi) is 43.9. The molecule has 0 heterocycles. The van der Waals surface area contributed by atoms with E-state index >= 15 is 0 Å². The number of ether oxygens (including phenoxy) is 1. The Morgan fingerprint density at radius 3 is 1.55 bits per heavy atom. The number of hydrogen-bond donors (Lipinski definition) is 3. The maximum Gasteiger partial charge on any atom is 0.306 e. The predicted molar refractivity (Wildman–Crippen MR) is 259 cm³/mol. The zero-order chi connectivity index (χ0) is 43.8. The molecule has 0 rings (SSSR count). The van der Waals surface area contributed by atoms with Gasteiger partial charge in [-0.05, 0) is 83.5 Å². The van der Waals surface area contributed by atoms with E-state index in [1.54, 1.807) is 0 Å². The number of carbonyl (C=O) groups is 2. The Bertz CT molecular complexity index is 1250. The Hall–Kier alpha value is -3.48. The standard InChI is InChI=1S/C54H89NO5/c1-4-7-10-13-16-19-21-23-24-25-26-27-28-30-32-35-38-41-44-47-54(59)60-50(45-42-39-36-34-31-29-22-20-17-14-11-8-5-2)48-53(58)55-51(49-56)52(57)46-43-40-37-33-18-15-12-9-6-3/h8,11,14,16-17,19-20,22-24,26-27,29-32,34,36,50-52,56-57H,4-7,9-10,12-13,15,18,21,25,28,33,35,37-49H2,1-3H3,(H,55,58)/b11-8+,17-14+,19-16-,22-20-,24-23-,27-26-,31-29-,32-30-,36-34+. The molecule has 3 N–H and O–H groups in total. The van der Waals surface area contributed by atoms with Crippen molar-refractivity contribution in [3.05, 3.63) is 109 Å². The minimum atomic E-state index is -0.817. The van der Waals surface area contributed by atoms with E-state index in [9.17, 15) is 19.8 Å². The number of esters is 1. The van der Waals surface area contributed by atoms with Crippen LogP contribution in [-0.2, 0) is 14.3 Å². The second-order valence-corrected chi connectivity index (χ2v) is 15.9. The van der Waals surface area contributed by atoms with Crippen molar-refractivity contribution < 1.29 is 24.5 Å². The van der Waals surface area contributed by atoms with E-state index in [2.05, 4.69) is 86.8 Å². The smallest absolute Gasteiger partial charge is 0.306 e. The number of carbonyl (C=O) groups excluding carboxylic acids is 2. The molecule has 0 saturated carbocycles. The van der Waals surface area contributed by atoms with Gasteiger partial charge in [-0.3, -0.25) is 9.59 Å². The molecule has 0 saturated heterocycles. The number of rotatable bonds is 41. The molecular weight excluding hydrogens is 743 g/mol. The molecule has 3 atom stereocenters. The van der Waals surface area contributed by atoms with Crippen molar-refractivity contribution in [2.24, 2.45) is 0 Å². The number of unbranched alkanes of at least 4 members (excludes halogenated alkanes) is 15. The molecule has 0 aromatic heterocycles. The zero-order valence-corrected chi connectivity index (χ0v) is 38.5. The van der Waals surface area contributed by atoms with Crippen LogP contribution >= 0.6 is 0 Å². The molecule has 6 heteroatoms. The van der Waals surface area contributed by atoms with Gasteiger partial charge >= 0.3 is 5.97 Å². The van der Waals surface area contributed by atoms with Crippen molar-refractivity contribution in [1.82, 2.24) is 5.32 Å². The summed E-state index contributed by atoms with van der Waals surface area (Å²) < 4.78 is 5.86. The van der Waals surface area contributed by atoms with Crippen LogP contribution in [-0.4, -0.2) is 46.9 Å². The van der Waals surface area contributed by atoms with Crippen molar-refractivity contribution in [1.29, 1.82) is 0 Å². The fourth-order valence-electron chi connectivity index (χ4n) is 6.56. The summed E-state index contributed by atoms with van der Waals surface area (Å²) in [5, 5.41) is 23.6. The van der Waals surface area contributed by atoms with E-state index in [0.717, 1.165) is 83.5 Å². The molecule has 60 heavy (non-hydrogen) atoms. The van der Waals surface area contributed by atoms with Gasteiger partial charge in [0.2, 0.25) is 5.91 Å². The van der Waals surface area contributed by atoms with Gasteiger partial charge in [-0.15, -0.1) is 0 Å². The predicted octanol–water partition coefficient (Wildman–Crippen LogP) is 14.3. The number of hydrogen-bond acceptors (Lipinski definition) is 5. The van der Waals surface area contributed by atoms with Gasteiger partial charge in [-0.1, -0.05) is 207 Å². The Balaban J connectivity index is 4.75. The van der Waals surface area contributed by atoms with Crippen LogP contribution in [0.4, 0.5) is 0 Å².